The van der Waals surface area contributed by atoms with Crippen molar-refractivity contribution in [1.82, 2.24) is 0 Å². The van der Waals surface area contributed by atoms with Gasteiger partial charge in [0.05, 0.1) is 18.3 Å². The maximum absolute atomic E-state index is 11.0. The normalized spacial score (nSPS) is 45.4. The minimum atomic E-state index is -0.456. The molecule has 0 radical (unpaired) electrons. The van der Waals surface area contributed by atoms with Crippen LogP contribution in [0.2, 0.25) is 0 Å². The molecule has 0 amide bonds. The Hall–Kier alpha value is -0.900. The van der Waals surface area contributed by atoms with Crippen LogP contribution in [-0.2, 0) is 0 Å². The van der Waals surface area contributed by atoms with E-state index in [2.05, 4.69) is 52.8 Å². The van der Waals surface area contributed by atoms with Crippen LogP contribution in [0.25, 0.3) is 0 Å². The van der Waals surface area contributed by atoms with Crippen molar-refractivity contribution in [3.8, 4) is 0 Å². The van der Waals surface area contributed by atoms with E-state index in [0.29, 0.717) is 36.5 Å². The average Bonchev–Trinajstić information content (AvgIpc) is 3.04. The Labute approximate surface area is 183 Å². The third kappa shape index (κ3) is 3.36. The lowest BCUT2D eigenvalue weighted by Crippen LogP contribution is -2.52. The van der Waals surface area contributed by atoms with Gasteiger partial charge in [-0.1, -0.05) is 70.1 Å². The van der Waals surface area contributed by atoms with Gasteiger partial charge in [0.25, 0.3) is 0 Å². The zero-order valence-electron chi connectivity index (χ0n) is 19.5. The monoisotopic (exact) mass is 414 g/mol. The van der Waals surface area contributed by atoms with Crippen LogP contribution in [0.3, 0.4) is 0 Å². The molecule has 0 saturated heterocycles. The molecular formula is C27H42O3. The molecule has 168 valence electrons. The van der Waals surface area contributed by atoms with Gasteiger partial charge >= 0.3 is 0 Å². The van der Waals surface area contributed by atoms with Crippen LogP contribution in [0, 0.1) is 40.4 Å². The van der Waals surface area contributed by atoms with Crippen molar-refractivity contribution in [1.29, 1.82) is 0 Å². The average molecular weight is 415 g/mol. The maximum atomic E-state index is 11.0. The number of hydrogen-bond acceptors (Lipinski definition) is 3. The van der Waals surface area contributed by atoms with Gasteiger partial charge in [-0.15, -0.1) is 0 Å². The van der Waals surface area contributed by atoms with Crippen molar-refractivity contribution in [3.05, 3.63) is 35.5 Å². The molecule has 0 aliphatic heterocycles. The number of allylic oxidation sites excluding steroid dienone is 4. The summed E-state index contributed by atoms with van der Waals surface area (Å²) in [7, 11) is 0. The van der Waals surface area contributed by atoms with Crippen molar-refractivity contribution in [2.75, 3.05) is 0 Å². The van der Waals surface area contributed by atoms with E-state index in [9.17, 15) is 15.3 Å². The summed E-state index contributed by atoms with van der Waals surface area (Å²) in [6.07, 6.45) is 13.6. The van der Waals surface area contributed by atoms with E-state index in [1.165, 1.54) is 24.8 Å². The second kappa shape index (κ2) is 7.90. The summed E-state index contributed by atoms with van der Waals surface area (Å²) in [6.45, 7) is 11.2. The maximum Gasteiger partial charge on any atom is 0.0743 e. The lowest BCUT2D eigenvalue weighted by molar-refractivity contribution is -0.0537. The summed E-state index contributed by atoms with van der Waals surface area (Å²) in [5, 5.41) is 31.4. The van der Waals surface area contributed by atoms with E-state index < -0.39 is 12.2 Å². The fourth-order valence-corrected chi connectivity index (χ4v) is 7.60. The van der Waals surface area contributed by atoms with Crippen molar-refractivity contribution >= 4 is 0 Å². The van der Waals surface area contributed by atoms with Crippen LogP contribution >= 0.6 is 0 Å². The molecule has 4 aliphatic rings. The molecule has 0 bridgehead atoms. The quantitative estimate of drug-likeness (QED) is 0.566. The van der Waals surface area contributed by atoms with Crippen LogP contribution in [0.15, 0.2) is 35.5 Å². The van der Waals surface area contributed by atoms with E-state index in [4.69, 9.17) is 0 Å². The Balaban J connectivity index is 1.59. The van der Waals surface area contributed by atoms with Crippen LogP contribution < -0.4 is 0 Å². The first kappa shape index (κ1) is 22.3. The summed E-state index contributed by atoms with van der Waals surface area (Å²) in [4.78, 5) is 0. The number of hydrogen-bond donors (Lipinski definition) is 3. The zero-order valence-corrected chi connectivity index (χ0v) is 19.5. The minimum Gasteiger partial charge on any atom is -0.393 e. The van der Waals surface area contributed by atoms with Gasteiger partial charge in [-0.3, -0.25) is 0 Å². The second-order valence-corrected chi connectivity index (χ2v) is 11.6. The predicted octanol–water partition coefficient (Wildman–Crippen LogP) is 5.03. The smallest absolute Gasteiger partial charge is 0.0743 e. The molecule has 0 aromatic carbocycles. The SMILES string of the molecule is CC(C)[C@@H](O)/C=C/[C@@H](C)[C@H]1CC[C@H]2C3=CC=C4C[C@@H](O)C[C@H](O)[C@]4(C)[C@H]3CC[C@]12C. The summed E-state index contributed by atoms with van der Waals surface area (Å²) in [6, 6.07) is 0. The lowest BCUT2D eigenvalue weighted by Gasteiger charge is -2.56. The Morgan fingerprint density at radius 3 is 2.43 bits per heavy atom. The highest BCUT2D eigenvalue weighted by molar-refractivity contribution is 5.40. The Kier molecular flexibility index (Phi) is 5.87. The molecule has 30 heavy (non-hydrogen) atoms. The fraction of sp³-hybridized carbons (Fsp3) is 0.778. The molecule has 0 heterocycles. The highest BCUT2D eigenvalue weighted by Gasteiger charge is 2.58. The Bertz CT molecular complexity index is 749. The molecule has 3 N–H and O–H groups in total. The third-order valence-corrected chi connectivity index (χ3v) is 9.65. The molecule has 3 saturated carbocycles. The summed E-state index contributed by atoms with van der Waals surface area (Å²) < 4.78 is 0. The van der Waals surface area contributed by atoms with E-state index in [0.717, 1.165) is 6.42 Å². The third-order valence-electron chi connectivity index (χ3n) is 9.65. The molecule has 0 aromatic rings. The highest BCUT2D eigenvalue weighted by atomic mass is 16.3. The number of aliphatic hydroxyl groups excluding tert-OH is 3. The van der Waals surface area contributed by atoms with Gasteiger partial charge in [-0.2, -0.15) is 0 Å². The van der Waals surface area contributed by atoms with Crippen LogP contribution in [0.1, 0.15) is 73.1 Å². The number of aliphatic hydroxyl groups is 3. The molecule has 0 spiro atoms. The lowest BCUT2D eigenvalue weighted by atomic mass is 9.49. The van der Waals surface area contributed by atoms with E-state index in [1.807, 2.05) is 6.08 Å². The molecule has 4 aliphatic carbocycles. The van der Waals surface area contributed by atoms with E-state index in [1.54, 1.807) is 5.57 Å². The van der Waals surface area contributed by atoms with Crippen molar-refractivity contribution in [2.45, 2.75) is 91.5 Å². The fourth-order valence-electron chi connectivity index (χ4n) is 7.60. The van der Waals surface area contributed by atoms with E-state index >= 15 is 0 Å². The Morgan fingerprint density at radius 2 is 1.73 bits per heavy atom. The van der Waals surface area contributed by atoms with E-state index in [-0.39, 0.29) is 22.9 Å². The molecule has 9 atom stereocenters. The minimum absolute atomic E-state index is 0.213. The van der Waals surface area contributed by atoms with Crippen molar-refractivity contribution in [3.63, 3.8) is 0 Å². The molecule has 4 rings (SSSR count). The van der Waals surface area contributed by atoms with Gasteiger partial charge in [0.2, 0.25) is 0 Å². The largest absolute Gasteiger partial charge is 0.393 e. The highest BCUT2D eigenvalue weighted by Crippen LogP contribution is 2.65. The topological polar surface area (TPSA) is 60.7 Å². The first-order valence-corrected chi connectivity index (χ1v) is 12.2. The van der Waals surface area contributed by atoms with Crippen LogP contribution in [0.4, 0.5) is 0 Å². The van der Waals surface area contributed by atoms with Gasteiger partial charge in [0, 0.05) is 11.8 Å². The van der Waals surface area contributed by atoms with Gasteiger partial charge in [-0.05, 0) is 67.1 Å². The van der Waals surface area contributed by atoms with Crippen LogP contribution in [-0.4, -0.2) is 33.6 Å². The van der Waals surface area contributed by atoms with Gasteiger partial charge in [0.15, 0.2) is 0 Å². The van der Waals surface area contributed by atoms with Gasteiger partial charge in [-0.25, -0.2) is 0 Å². The first-order valence-electron chi connectivity index (χ1n) is 12.2. The molecule has 0 unspecified atom stereocenters. The summed E-state index contributed by atoms with van der Waals surface area (Å²) in [5.74, 6) is 2.35. The summed E-state index contributed by atoms with van der Waals surface area (Å²) >= 11 is 0. The van der Waals surface area contributed by atoms with Crippen molar-refractivity contribution in [2.24, 2.45) is 40.4 Å². The molecule has 3 nitrogen and oxygen atoms in total. The Morgan fingerprint density at radius 1 is 1.00 bits per heavy atom. The van der Waals surface area contributed by atoms with Crippen LogP contribution in [0.5, 0.6) is 0 Å². The van der Waals surface area contributed by atoms with Gasteiger partial charge < -0.3 is 15.3 Å². The molecular weight excluding hydrogens is 372 g/mol. The molecule has 3 heteroatoms. The second-order valence-electron chi connectivity index (χ2n) is 11.6. The number of fused-ring (bicyclic) bond motifs is 5. The molecule has 3 fully saturated rings. The standard InChI is InChI=1S/C27H42O3/c1-16(2)24(29)11-6-17(3)21-9-10-22-20-8-7-18-14-19(28)15-25(30)27(18,5)23(20)12-13-26(21,22)4/h6-8,11,16-17,19,21-25,28-30H,9-10,12-15H2,1-5H3/b11-6+/t17-,19-,21-,22+,23+,24+,25+,26-,27+/m1/s1. The first-order chi connectivity index (χ1) is 14.1. The zero-order chi connectivity index (χ0) is 21.8. The predicted molar refractivity (Wildman–Crippen MR) is 122 cm³/mol. The molecule has 0 aromatic heterocycles. The van der Waals surface area contributed by atoms with Crippen molar-refractivity contribution < 1.29 is 15.3 Å². The number of rotatable bonds is 4. The summed E-state index contributed by atoms with van der Waals surface area (Å²) in [5.41, 5.74) is 2.89. The van der Waals surface area contributed by atoms with Gasteiger partial charge in [0.1, 0.15) is 0 Å².